The van der Waals surface area contributed by atoms with E-state index in [1.807, 2.05) is 6.20 Å². The van der Waals surface area contributed by atoms with Crippen LogP contribution in [0.25, 0.3) is 0 Å². The predicted octanol–water partition coefficient (Wildman–Crippen LogP) is 0.940. The molecule has 0 spiro atoms. The van der Waals surface area contributed by atoms with Gasteiger partial charge >= 0.3 is 0 Å². The zero-order valence-electron chi connectivity index (χ0n) is 10.8. The van der Waals surface area contributed by atoms with Gasteiger partial charge in [0.15, 0.2) is 0 Å². The number of rotatable bonds is 8. The van der Waals surface area contributed by atoms with Gasteiger partial charge in [-0.2, -0.15) is 0 Å². The molecular formula is C13H22N4O. The largest absolute Gasteiger partial charge is 0.396 e. The van der Waals surface area contributed by atoms with Crippen molar-refractivity contribution < 1.29 is 5.11 Å². The second kappa shape index (κ2) is 4.97. The van der Waals surface area contributed by atoms with Crippen LogP contribution in [-0.2, 0) is 13.1 Å². The fourth-order valence-corrected chi connectivity index (χ4v) is 2.79. The van der Waals surface area contributed by atoms with Gasteiger partial charge in [-0.05, 0) is 43.4 Å². The van der Waals surface area contributed by atoms with Gasteiger partial charge in [0.2, 0.25) is 0 Å². The van der Waals surface area contributed by atoms with Crippen LogP contribution < -0.4 is 5.32 Å². The molecule has 1 aromatic rings. The summed E-state index contributed by atoms with van der Waals surface area (Å²) in [6.45, 7) is 2.90. The van der Waals surface area contributed by atoms with Crippen molar-refractivity contribution in [3.05, 3.63) is 11.9 Å². The summed E-state index contributed by atoms with van der Waals surface area (Å²) in [5.41, 5.74) is 1.65. The van der Waals surface area contributed by atoms with Gasteiger partial charge in [-0.3, -0.25) is 4.68 Å². The summed E-state index contributed by atoms with van der Waals surface area (Å²) in [6, 6.07) is 0. The van der Waals surface area contributed by atoms with Crippen LogP contribution in [0.5, 0.6) is 0 Å². The molecule has 0 unspecified atom stereocenters. The zero-order valence-corrected chi connectivity index (χ0v) is 10.8. The van der Waals surface area contributed by atoms with E-state index in [1.54, 1.807) is 4.68 Å². The van der Waals surface area contributed by atoms with Crippen molar-refractivity contribution in [2.75, 3.05) is 13.2 Å². The SMILES string of the molecule is OCCCn1cc(CNCC2(C3CC3)CC2)nn1. The Kier molecular flexibility index (Phi) is 3.35. The summed E-state index contributed by atoms with van der Waals surface area (Å²) in [4.78, 5) is 0. The average Bonchev–Trinajstić information content (AvgIpc) is 3.26. The van der Waals surface area contributed by atoms with Crippen molar-refractivity contribution in [3.63, 3.8) is 0 Å². The monoisotopic (exact) mass is 250 g/mol. The van der Waals surface area contributed by atoms with E-state index >= 15 is 0 Å². The van der Waals surface area contributed by atoms with Gasteiger partial charge in [0, 0.05) is 32.4 Å². The quantitative estimate of drug-likeness (QED) is 0.721. The molecule has 18 heavy (non-hydrogen) atoms. The number of hydrogen-bond acceptors (Lipinski definition) is 4. The molecule has 1 heterocycles. The summed E-state index contributed by atoms with van der Waals surface area (Å²) in [5.74, 6) is 1.00. The van der Waals surface area contributed by atoms with Crippen LogP contribution in [0.1, 0.15) is 37.8 Å². The van der Waals surface area contributed by atoms with Gasteiger partial charge in [0.25, 0.3) is 0 Å². The number of nitrogens with zero attached hydrogens (tertiary/aromatic N) is 3. The highest BCUT2D eigenvalue weighted by Gasteiger charge is 2.53. The van der Waals surface area contributed by atoms with Gasteiger partial charge in [0.05, 0.1) is 5.69 Å². The first-order valence-corrected chi connectivity index (χ1v) is 7.03. The fourth-order valence-electron chi connectivity index (χ4n) is 2.79. The summed E-state index contributed by atoms with van der Waals surface area (Å²) in [5, 5.41) is 20.5. The Labute approximate surface area is 108 Å². The molecule has 2 aliphatic rings. The van der Waals surface area contributed by atoms with Crippen LogP contribution in [0.2, 0.25) is 0 Å². The molecule has 2 aliphatic carbocycles. The van der Waals surface area contributed by atoms with Crippen LogP contribution in [0, 0.1) is 11.3 Å². The van der Waals surface area contributed by atoms with E-state index in [0.29, 0.717) is 5.41 Å². The van der Waals surface area contributed by atoms with Crippen LogP contribution in [0.15, 0.2) is 6.20 Å². The maximum absolute atomic E-state index is 8.76. The number of aromatic nitrogens is 3. The van der Waals surface area contributed by atoms with E-state index in [4.69, 9.17) is 5.11 Å². The minimum Gasteiger partial charge on any atom is -0.396 e. The Morgan fingerprint density at radius 1 is 1.44 bits per heavy atom. The van der Waals surface area contributed by atoms with E-state index in [9.17, 15) is 0 Å². The molecule has 0 saturated heterocycles. The van der Waals surface area contributed by atoms with Crippen molar-refractivity contribution in [2.24, 2.45) is 11.3 Å². The second-order valence-corrected chi connectivity index (χ2v) is 5.79. The van der Waals surface area contributed by atoms with Crippen molar-refractivity contribution in [1.82, 2.24) is 20.3 Å². The van der Waals surface area contributed by atoms with Crippen molar-refractivity contribution in [1.29, 1.82) is 0 Å². The Morgan fingerprint density at radius 2 is 2.28 bits per heavy atom. The molecule has 2 N–H and O–H groups in total. The van der Waals surface area contributed by atoms with Gasteiger partial charge in [-0.25, -0.2) is 0 Å². The summed E-state index contributed by atoms with van der Waals surface area (Å²) in [6.07, 6.45) is 8.42. The molecule has 100 valence electrons. The van der Waals surface area contributed by atoms with E-state index in [-0.39, 0.29) is 6.61 Å². The highest BCUT2D eigenvalue weighted by atomic mass is 16.3. The zero-order chi connectivity index (χ0) is 12.4. The highest BCUT2D eigenvalue weighted by molar-refractivity contribution is 5.05. The Balaban J connectivity index is 1.41. The third kappa shape index (κ3) is 2.72. The van der Waals surface area contributed by atoms with Crippen molar-refractivity contribution >= 4 is 0 Å². The van der Waals surface area contributed by atoms with Crippen molar-refractivity contribution in [3.8, 4) is 0 Å². The predicted molar refractivity (Wildman–Crippen MR) is 67.8 cm³/mol. The van der Waals surface area contributed by atoms with Crippen LogP contribution in [0.3, 0.4) is 0 Å². The molecule has 0 aromatic carbocycles. The standard InChI is InChI=1S/C13H22N4O/c18-7-1-6-17-9-12(15-16-17)8-14-10-13(4-5-13)11-2-3-11/h9,11,14,18H,1-8,10H2. The molecule has 2 fully saturated rings. The third-order valence-corrected chi connectivity index (χ3v) is 4.25. The minimum absolute atomic E-state index is 0.206. The Bertz CT molecular complexity index is 395. The second-order valence-electron chi connectivity index (χ2n) is 5.79. The summed E-state index contributed by atoms with van der Waals surface area (Å²) in [7, 11) is 0. The third-order valence-electron chi connectivity index (χ3n) is 4.25. The number of aliphatic hydroxyl groups is 1. The normalized spacial score (nSPS) is 21.2. The highest BCUT2D eigenvalue weighted by Crippen LogP contribution is 2.60. The molecule has 2 saturated carbocycles. The molecular weight excluding hydrogens is 228 g/mol. The first-order chi connectivity index (χ1) is 8.82. The molecule has 5 heteroatoms. The van der Waals surface area contributed by atoms with Crippen LogP contribution in [0.4, 0.5) is 0 Å². The maximum atomic E-state index is 8.76. The Hall–Kier alpha value is -0.940. The lowest BCUT2D eigenvalue weighted by molar-refractivity contribution is 0.276. The van der Waals surface area contributed by atoms with E-state index in [0.717, 1.165) is 37.7 Å². The lowest BCUT2D eigenvalue weighted by Crippen LogP contribution is -2.25. The number of aliphatic hydroxyl groups excluding tert-OH is 1. The number of nitrogens with one attached hydrogen (secondary N) is 1. The van der Waals surface area contributed by atoms with Crippen LogP contribution >= 0.6 is 0 Å². The number of hydrogen-bond donors (Lipinski definition) is 2. The first kappa shape index (κ1) is 12.1. The molecule has 5 nitrogen and oxygen atoms in total. The van der Waals surface area contributed by atoms with Gasteiger partial charge in [-0.1, -0.05) is 5.21 Å². The summed E-state index contributed by atoms with van der Waals surface area (Å²) >= 11 is 0. The minimum atomic E-state index is 0.206. The lowest BCUT2D eigenvalue weighted by atomic mass is 10.0. The van der Waals surface area contributed by atoms with Crippen molar-refractivity contribution in [2.45, 2.75) is 45.2 Å². The van der Waals surface area contributed by atoms with Gasteiger partial charge in [-0.15, -0.1) is 5.10 Å². The molecule has 0 aliphatic heterocycles. The molecule has 1 aromatic heterocycles. The smallest absolute Gasteiger partial charge is 0.0964 e. The molecule has 0 radical (unpaired) electrons. The van der Waals surface area contributed by atoms with Crippen LogP contribution in [-0.4, -0.2) is 33.3 Å². The Morgan fingerprint density at radius 3 is 2.94 bits per heavy atom. The van der Waals surface area contributed by atoms with E-state index in [1.165, 1.54) is 25.7 Å². The summed E-state index contributed by atoms with van der Waals surface area (Å²) < 4.78 is 1.81. The average molecular weight is 250 g/mol. The first-order valence-electron chi connectivity index (χ1n) is 7.03. The van der Waals surface area contributed by atoms with E-state index in [2.05, 4.69) is 15.6 Å². The van der Waals surface area contributed by atoms with Gasteiger partial charge < -0.3 is 10.4 Å². The topological polar surface area (TPSA) is 63.0 Å². The molecule has 0 atom stereocenters. The molecule has 0 amide bonds. The lowest BCUT2D eigenvalue weighted by Gasteiger charge is -2.13. The fraction of sp³-hybridized carbons (Fsp3) is 0.846. The van der Waals surface area contributed by atoms with Gasteiger partial charge in [0.1, 0.15) is 0 Å². The number of aryl methyl sites for hydroxylation is 1. The van der Waals surface area contributed by atoms with E-state index < -0.39 is 0 Å². The molecule has 3 rings (SSSR count). The maximum Gasteiger partial charge on any atom is 0.0964 e. The molecule has 0 bridgehead atoms.